The second-order valence-electron chi connectivity index (χ2n) is 11.6. The number of hydrogen-bond donors (Lipinski definition) is 2. The number of likely N-dealkylation sites (tertiary alicyclic amines) is 1. The molecule has 40 heavy (non-hydrogen) atoms. The second-order valence-corrected chi connectivity index (χ2v) is 11.6. The Hall–Kier alpha value is -2.72. The molecule has 1 spiro atoms. The fraction of sp³-hybridized carbons (Fsp3) is 0.733. The summed E-state index contributed by atoms with van der Waals surface area (Å²) in [5.41, 5.74) is -1.30. The topological polar surface area (TPSA) is 125 Å². The normalized spacial score (nSPS) is 34.1. The molecule has 4 aliphatic rings. The number of allylic oxidation sites excluding steroid dienone is 1. The van der Waals surface area contributed by atoms with E-state index in [1.165, 1.54) is 0 Å². The van der Waals surface area contributed by atoms with Crippen LogP contribution in [0.25, 0.3) is 0 Å². The summed E-state index contributed by atoms with van der Waals surface area (Å²) < 4.78 is 12.4. The smallest absolute Gasteiger partial charge is 0.313 e. The van der Waals surface area contributed by atoms with Gasteiger partial charge in [-0.3, -0.25) is 19.2 Å². The number of amides is 3. The fourth-order valence-corrected chi connectivity index (χ4v) is 6.64. The van der Waals surface area contributed by atoms with E-state index in [1.807, 2.05) is 30.1 Å². The lowest BCUT2D eigenvalue weighted by Crippen LogP contribution is -2.56. The van der Waals surface area contributed by atoms with Gasteiger partial charge in [0.25, 0.3) is 0 Å². The van der Waals surface area contributed by atoms with Gasteiger partial charge >= 0.3 is 5.97 Å². The summed E-state index contributed by atoms with van der Waals surface area (Å²) >= 11 is 0. The van der Waals surface area contributed by atoms with Crippen molar-refractivity contribution >= 4 is 23.7 Å². The molecule has 222 valence electrons. The summed E-state index contributed by atoms with van der Waals surface area (Å²) in [4.78, 5) is 57.8. The maximum atomic E-state index is 14.3. The van der Waals surface area contributed by atoms with E-state index < -0.39 is 41.7 Å². The lowest BCUT2D eigenvalue weighted by atomic mass is 9.78. The van der Waals surface area contributed by atoms with Gasteiger partial charge in [0.15, 0.2) is 0 Å². The molecule has 1 unspecified atom stereocenters. The van der Waals surface area contributed by atoms with Crippen molar-refractivity contribution < 1.29 is 33.8 Å². The van der Waals surface area contributed by atoms with Crippen molar-refractivity contribution in [3.8, 4) is 0 Å². The number of fused-ring (bicyclic) bond motifs is 2. The van der Waals surface area contributed by atoms with Gasteiger partial charge in [-0.1, -0.05) is 50.5 Å². The maximum absolute atomic E-state index is 14.3. The van der Waals surface area contributed by atoms with Crippen molar-refractivity contribution in [3.05, 3.63) is 24.3 Å². The molecule has 0 radical (unpaired) electrons. The summed E-state index contributed by atoms with van der Waals surface area (Å²) in [5.74, 6) is -2.92. The average molecular weight is 560 g/mol. The Kier molecular flexibility index (Phi) is 10.1. The second kappa shape index (κ2) is 13.3. The number of carbonyl (C=O) groups is 4. The fourth-order valence-electron chi connectivity index (χ4n) is 6.64. The van der Waals surface area contributed by atoms with Crippen molar-refractivity contribution in [3.63, 3.8) is 0 Å². The summed E-state index contributed by atoms with van der Waals surface area (Å²) in [6, 6.07) is -0.894. The van der Waals surface area contributed by atoms with Gasteiger partial charge in [0.1, 0.15) is 23.7 Å². The van der Waals surface area contributed by atoms with Gasteiger partial charge < -0.3 is 29.7 Å². The molecule has 4 rings (SSSR count). The highest BCUT2D eigenvalue weighted by atomic mass is 16.6. The van der Waals surface area contributed by atoms with Crippen LogP contribution in [-0.2, 0) is 28.7 Å². The van der Waals surface area contributed by atoms with Gasteiger partial charge in [-0.05, 0) is 39.5 Å². The Labute approximate surface area is 237 Å². The molecule has 0 aromatic carbocycles. The molecule has 0 aromatic rings. The van der Waals surface area contributed by atoms with Crippen LogP contribution in [0.3, 0.4) is 0 Å². The quantitative estimate of drug-likeness (QED) is 0.252. The van der Waals surface area contributed by atoms with Gasteiger partial charge in [0.05, 0.1) is 18.6 Å². The van der Waals surface area contributed by atoms with Crippen LogP contribution >= 0.6 is 0 Å². The van der Waals surface area contributed by atoms with E-state index >= 15 is 0 Å². The van der Waals surface area contributed by atoms with Crippen LogP contribution < -0.4 is 5.32 Å². The number of hydrogen-bond acceptors (Lipinski definition) is 7. The largest absolute Gasteiger partial charge is 0.460 e. The number of aliphatic hydroxyl groups is 1. The summed E-state index contributed by atoms with van der Waals surface area (Å²) in [5, 5.41) is 11.9. The van der Waals surface area contributed by atoms with Gasteiger partial charge in [0.2, 0.25) is 17.7 Å². The SMILES string of the molecule is CCCC(C)N1CC=C[C@@]23O[C@H]4/C=C\CCC(=O)NC[C@H](C)OC(=O)[C@H]4[C@@H]2C(=O)N(CCCCCCO)[C@H]3C1=O. The van der Waals surface area contributed by atoms with Crippen LogP contribution in [0.5, 0.6) is 0 Å². The van der Waals surface area contributed by atoms with Crippen LogP contribution in [0.1, 0.15) is 72.1 Å². The highest BCUT2D eigenvalue weighted by Crippen LogP contribution is 2.53. The zero-order valence-corrected chi connectivity index (χ0v) is 24.0. The first-order valence-electron chi connectivity index (χ1n) is 15.0. The lowest BCUT2D eigenvalue weighted by molar-refractivity contribution is -0.159. The first-order chi connectivity index (χ1) is 19.2. The van der Waals surface area contributed by atoms with Crippen molar-refractivity contribution in [2.45, 2.75) is 102 Å². The number of esters is 1. The van der Waals surface area contributed by atoms with Crippen molar-refractivity contribution in [2.24, 2.45) is 11.8 Å². The van der Waals surface area contributed by atoms with Crippen LogP contribution in [0.2, 0.25) is 0 Å². The molecule has 7 atom stereocenters. The molecule has 2 saturated heterocycles. The number of nitrogens with zero attached hydrogens (tertiary/aromatic N) is 2. The van der Waals surface area contributed by atoms with E-state index in [0.29, 0.717) is 32.4 Å². The molecule has 2 N–H and O–H groups in total. The highest BCUT2D eigenvalue weighted by Gasteiger charge is 2.71. The van der Waals surface area contributed by atoms with E-state index in [4.69, 9.17) is 14.6 Å². The molecule has 0 aromatic heterocycles. The third kappa shape index (κ3) is 5.98. The Morgan fingerprint density at radius 1 is 1.12 bits per heavy atom. The predicted molar refractivity (Wildman–Crippen MR) is 148 cm³/mol. The molecule has 0 saturated carbocycles. The molecule has 4 aliphatic heterocycles. The van der Waals surface area contributed by atoms with Crippen LogP contribution in [0.4, 0.5) is 0 Å². The minimum Gasteiger partial charge on any atom is -0.460 e. The Morgan fingerprint density at radius 2 is 1.90 bits per heavy atom. The molecular weight excluding hydrogens is 514 g/mol. The molecule has 0 aliphatic carbocycles. The van der Waals surface area contributed by atoms with E-state index in [-0.39, 0.29) is 43.3 Å². The molecule has 3 amide bonds. The van der Waals surface area contributed by atoms with Crippen molar-refractivity contribution in [2.75, 3.05) is 26.2 Å². The average Bonchev–Trinajstić information content (AvgIpc) is 3.29. The number of aliphatic hydroxyl groups excluding tert-OH is 1. The van der Waals surface area contributed by atoms with Crippen molar-refractivity contribution in [1.82, 2.24) is 15.1 Å². The zero-order valence-electron chi connectivity index (χ0n) is 24.0. The summed E-state index contributed by atoms with van der Waals surface area (Å²) in [6.45, 7) is 6.91. The van der Waals surface area contributed by atoms with E-state index in [0.717, 1.165) is 25.7 Å². The molecule has 2 fully saturated rings. The van der Waals surface area contributed by atoms with E-state index in [2.05, 4.69) is 12.2 Å². The third-order valence-electron chi connectivity index (χ3n) is 8.61. The van der Waals surface area contributed by atoms with Crippen molar-refractivity contribution in [1.29, 1.82) is 0 Å². The van der Waals surface area contributed by atoms with Gasteiger partial charge in [-0.25, -0.2) is 0 Å². The molecule has 4 heterocycles. The maximum Gasteiger partial charge on any atom is 0.313 e. The first-order valence-corrected chi connectivity index (χ1v) is 15.0. The highest BCUT2D eigenvalue weighted by molar-refractivity contribution is 5.99. The van der Waals surface area contributed by atoms with Gasteiger partial charge in [-0.15, -0.1) is 0 Å². The predicted octanol–water partition coefficient (Wildman–Crippen LogP) is 2.10. The standard InChI is InChI=1S/C30H45N3O7/c1-4-12-20(2)32-17-11-15-30-25(27(36)33(26(30)28(32)37)16-9-5-6-10-18-34)24-22(40-30)13-7-8-14-23(35)31-19-21(3)39-29(24)38/h7,11,13,15,20-22,24-26,34H,4-6,8-10,12,14,16-19H2,1-3H3,(H,31,35)/b13-7-/t20?,21-,22-,24+,25+,26-,30+/m0/s1. The first kappa shape index (κ1) is 30.2. The third-order valence-corrected chi connectivity index (χ3v) is 8.61. The molecule has 10 nitrogen and oxygen atoms in total. The minimum absolute atomic E-state index is 0.0109. The molecule has 10 heteroatoms. The van der Waals surface area contributed by atoms with Crippen LogP contribution in [-0.4, -0.2) is 94.7 Å². The number of cyclic esters (lactones) is 1. The number of carbonyl (C=O) groups excluding carboxylic acids is 4. The Morgan fingerprint density at radius 3 is 2.65 bits per heavy atom. The molecular formula is C30H45N3O7. The van der Waals surface area contributed by atoms with Gasteiger partial charge in [-0.2, -0.15) is 0 Å². The number of nitrogens with one attached hydrogen (secondary N) is 1. The summed E-state index contributed by atoms with van der Waals surface area (Å²) in [7, 11) is 0. The Bertz CT molecular complexity index is 1010. The van der Waals surface area contributed by atoms with E-state index in [9.17, 15) is 19.2 Å². The van der Waals surface area contributed by atoms with Gasteiger partial charge in [0, 0.05) is 32.2 Å². The number of ether oxygens (including phenoxy) is 2. The minimum atomic E-state index is -1.30. The Balaban J connectivity index is 1.72. The van der Waals surface area contributed by atoms with Crippen LogP contribution in [0.15, 0.2) is 24.3 Å². The lowest BCUT2D eigenvalue weighted by Gasteiger charge is -2.37. The monoisotopic (exact) mass is 559 g/mol. The van der Waals surface area contributed by atoms with E-state index in [1.54, 1.807) is 17.9 Å². The number of rotatable bonds is 9. The van der Waals surface area contributed by atoms with Crippen LogP contribution in [0, 0.1) is 11.8 Å². The summed E-state index contributed by atoms with van der Waals surface area (Å²) in [6.07, 6.45) is 11.5. The number of unbranched alkanes of at least 4 members (excludes halogenated alkanes) is 3. The molecule has 0 bridgehead atoms. The zero-order chi connectivity index (χ0) is 28.9.